The molecule has 0 radical (unpaired) electrons. The van der Waals surface area contributed by atoms with Gasteiger partial charge in [-0.05, 0) is 38.4 Å². The molecule has 0 aliphatic heterocycles. The molecule has 2 aromatic rings. The number of rotatable bonds is 5. The van der Waals surface area contributed by atoms with Gasteiger partial charge in [0.05, 0.1) is 12.1 Å². The second-order valence-electron chi connectivity index (χ2n) is 6.59. The minimum Gasteiger partial charge on any atom is -0.487 e. The summed E-state index contributed by atoms with van der Waals surface area (Å²) in [4.78, 5) is 18.3. The number of amides is 1. The van der Waals surface area contributed by atoms with Gasteiger partial charge in [0.2, 0.25) is 0 Å². The Hall–Kier alpha value is -2.51. The largest absolute Gasteiger partial charge is 0.487 e. The number of ether oxygens (including phenoxy) is 1. The molecule has 1 aliphatic carbocycles. The van der Waals surface area contributed by atoms with E-state index in [4.69, 9.17) is 4.74 Å². The number of halogens is 1. The first kappa shape index (κ1) is 18.3. The zero-order valence-electron chi connectivity index (χ0n) is 14.7. The number of aliphatic hydroxyl groups excluding tert-OH is 1. The van der Waals surface area contributed by atoms with Crippen LogP contribution >= 0.6 is 0 Å². The summed E-state index contributed by atoms with van der Waals surface area (Å²) < 4.78 is 19.1. The number of aliphatic hydroxyl groups is 1. The van der Waals surface area contributed by atoms with E-state index in [9.17, 15) is 14.3 Å². The number of aromatic nitrogens is 1. The van der Waals surface area contributed by atoms with Gasteiger partial charge in [0.1, 0.15) is 29.5 Å². The van der Waals surface area contributed by atoms with Crippen molar-refractivity contribution in [2.24, 2.45) is 0 Å². The molecule has 26 heavy (non-hydrogen) atoms. The summed E-state index contributed by atoms with van der Waals surface area (Å²) in [5, 5.41) is 13.6. The predicted molar refractivity (Wildman–Crippen MR) is 94.4 cm³/mol. The number of nitrogens with zero attached hydrogens (tertiary/aromatic N) is 2. The summed E-state index contributed by atoms with van der Waals surface area (Å²) in [6.45, 7) is 0. The van der Waals surface area contributed by atoms with Crippen LogP contribution in [0.15, 0.2) is 48.7 Å². The van der Waals surface area contributed by atoms with Crippen molar-refractivity contribution in [1.29, 1.82) is 0 Å². The van der Waals surface area contributed by atoms with Gasteiger partial charge in [-0.3, -0.25) is 9.78 Å². The average molecular weight is 359 g/mol. The summed E-state index contributed by atoms with van der Waals surface area (Å²) in [6.07, 6.45) is 0.567. The molecule has 0 saturated heterocycles. The van der Waals surface area contributed by atoms with Crippen molar-refractivity contribution in [3.05, 3.63) is 60.2 Å². The van der Waals surface area contributed by atoms with Gasteiger partial charge in [-0.15, -0.1) is 0 Å². The van der Waals surface area contributed by atoms with Crippen LogP contribution in [0, 0.1) is 5.82 Å². The standard InChI is InChI=1S/C19H22FN3O3/c1-23(2)17-15(22-19(25)14-8-3-4-9-21-14)11-16(18(17)24)26-13-7-5-6-12(20)10-13/h3-10,15-18,24H,11H2,1-2H3,(H,22,25)/t15-,16-,17+,18+/m1/s1. The molecule has 1 fully saturated rings. The highest BCUT2D eigenvalue weighted by atomic mass is 19.1. The van der Waals surface area contributed by atoms with Gasteiger partial charge in [0.25, 0.3) is 5.91 Å². The number of pyridine rings is 1. The third-order valence-corrected chi connectivity index (χ3v) is 4.52. The first-order valence-electron chi connectivity index (χ1n) is 8.44. The van der Waals surface area contributed by atoms with E-state index in [2.05, 4.69) is 10.3 Å². The maximum atomic E-state index is 13.4. The Morgan fingerprint density at radius 2 is 2.12 bits per heavy atom. The van der Waals surface area contributed by atoms with Gasteiger partial charge >= 0.3 is 0 Å². The maximum Gasteiger partial charge on any atom is 0.270 e. The number of carbonyl (C=O) groups excluding carboxylic acids is 1. The van der Waals surface area contributed by atoms with Gasteiger partial charge in [-0.1, -0.05) is 12.1 Å². The molecule has 1 amide bonds. The van der Waals surface area contributed by atoms with Gasteiger partial charge < -0.3 is 20.1 Å². The molecule has 138 valence electrons. The number of benzene rings is 1. The first-order chi connectivity index (χ1) is 12.5. The molecule has 0 bridgehead atoms. The number of hydrogen-bond acceptors (Lipinski definition) is 5. The van der Waals surface area contributed by atoms with Crippen LogP contribution in [-0.2, 0) is 0 Å². The molecule has 3 rings (SSSR count). The van der Waals surface area contributed by atoms with E-state index in [0.717, 1.165) is 0 Å². The highest BCUT2D eigenvalue weighted by Gasteiger charge is 2.45. The van der Waals surface area contributed by atoms with E-state index in [1.54, 1.807) is 36.5 Å². The van der Waals surface area contributed by atoms with Gasteiger partial charge in [-0.25, -0.2) is 4.39 Å². The normalized spacial score (nSPS) is 25.3. The fourth-order valence-corrected chi connectivity index (χ4v) is 3.37. The molecule has 1 saturated carbocycles. The molecule has 4 atom stereocenters. The Bertz CT molecular complexity index is 757. The van der Waals surface area contributed by atoms with E-state index >= 15 is 0 Å². The molecule has 2 N–H and O–H groups in total. The monoisotopic (exact) mass is 359 g/mol. The van der Waals surface area contributed by atoms with Crippen LogP contribution < -0.4 is 10.1 Å². The molecule has 6 nitrogen and oxygen atoms in total. The van der Waals surface area contributed by atoms with Crippen molar-refractivity contribution in [3.8, 4) is 5.75 Å². The van der Waals surface area contributed by atoms with Crippen molar-refractivity contribution in [1.82, 2.24) is 15.2 Å². The van der Waals surface area contributed by atoms with Crippen LogP contribution in [0.1, 0.15) is 16.9 Å². The first-order valence-corrected chi connectivity index (χ1v) is 8.44. The summed E-state index contributed by atoms with van der Waals surface area (Å²) in [6, 6.07) is 10.2. The minimum atomic E-state index is -0.831. The number of carbonyl (C=O) groups is 1. The second kappa shape index (κ2) is 7.80. The van der Waals surface area contributed by atoms with Crippen LogP contribution in [0.2, 0.25) is 0 Å². The number of likely N-dealkylation sites (N-methyl/N-ethyl adjacent to an activating group) is 1. The molecule has 0 unspecified atom stereocenters. The zero-order valence-corrected chi connectivity index (χ0v) is 14.7. The fraction of sp³-hybridized carbons (Fsp3) is 0.368. The lowest BCUT2D eigenvalue weighted by Gasteiger charge is -2.29. The van der Waals surface area contributed by atoms with Crippen LogP contribution in [0.25, 0.3) is 0 Å². The van der Waals surface area contributed by atoms with E-state index < -0.39 is 18.0 Å². The highest BCUT2D eigenvalue weighted by molar-refractivity contribution is 5.92. The SMILES string of the molecule is CN(C)[C@@H]1[C@@H](O)[C@H](Oc2cccc(F)c2)C[C@H]1NC(=O)c1ccccn1. The number of hydrogen-bond donors (Lipinski definition) is 2. The predicted octanol–water partition coefficient (Wildman–Crippen LogP) is 1.46. The van der Waals surface area contributed by atoms with Crippen LogP contribution in [-0.4, -0.2) is 59.3 Å². The summed E-state index contributed by atoms with van der Waals surface area (Å²) in [5.74, 6) is -0.358. The lowest BCUT2D eigenvalue weighted by atomic mass is 10.1. The minimum absolute atomic E-state index is 0.305. The van der Waals surface area contributed by atoms with E-state index in [0.29, 0.717) is 17.9 Å². The smallest absolute Gasteiger partial charge is 0.270 e. The van der Waals surface area contributed by atoms with E-state index in [1.807, 2.05) is 19.0 Å². The van der Waals surface area contributed by atoms with E-state index in [-0.39, 0.29) is 18.0 Å². The van der Waals surface area contributed by atoms with Crippen LogP contribution in [0.3, 0.4) is 0 Å². The van der Waals surface area contributed by atoms with Gasteiger partial charge in [0.15, 0.2) is 0 Å². The maximum absolute atomic E-state index is 13.4. The molecule has 0 spiro atoms. The summed E-state index contributed by atoms with van der Waals surface area (Å²) in [7, 11) is 3.66. The topological polar surface area (TPSA) is 74.7 Å². The summed E-state index contributed by atoms with van der Waals surface area (Å²) >= 11 is 0. The Labute approximate surface area is 151 Å². The van der Waals surface area contributed by atoms with Gasteiger partial charge in [0, 0.05) is 18.7 Å². The lowest BCUT2D eigenvalue weighted by molar-refractivity contribution is 0.0209. The molecule has 7 heteroatoms. The average Bonchev–Trinajstić information content (AvgIpc) is 2.91. The van der Waals surface area contributed by atoms with Crippen molar-refractivity contribution >= 4 is 5.91 Å². The Morgan fingerprint density at radius 1 is 1.31 bits per heavy atom. The third kappa shape index (κ3) is 4.00. The number of nitrogens with one attached hydrogen (secondary N) is 1. The molecule has 1 aromatic heterocycles. The second-order valence-corrected chi connectivity index (χ2v) is 6.59. The van der Waals surface area contributed by atoms with Crippen LogP contribution in [0.4, 0.5) is 4.39 Å². The molecule has 1 aromatic carbocycles. The quantitative estimate of drug-likeness (QED) is 0.846. The molecule has 1 heterocycles. The Balaban J connectivity index is 1.73. The van der Waals surface area contributed by atoms with Crippen molar-refractivity contribution in [2.45, 2.75) is 30.7 Å². The van der Waals surface area contributed by atoms with Crippen LogP contribution in [0.5, 0.6) is 5.75 Å². The van der Waals surface area contributed by atoms with E-state index in [1.165, 1.54) is 12.1 Å². The zero-order chi connectivity index (χ0) is 18.7. The van der Waals surface area contributed by atoms with Crippen molar-refractivity contribution in [3.63, 3.8) is 0 Å². The highest BCUT2D eigenvalue weighted by Crippen LogP contribution is 2.28. The Morgan fingerprint density at radius 3 is 2.77 bits per heavy atom. The molecule has 1 aliphatic rings. The summed E-state index contributed by atoms with van der Waals surface area (Å²) in [5.41, 5.74) is 0.314. The molecular formula is C19H22FN3O3. The Kier molecular flexibility index (Phi) is 5.49. The molecular weight excluding hydrogens is 337 g/mol. The van der Waals surface area contributed by atoms with Crippen molar-refractivity contribution in [2.75, 3.05) is 14.1 Å². The lowest BCUT2D eigenvalue weighted by Crippen LogP contribution is -2.50. The fourth-order valence-electron chi connectivity index (χ4n) is 3.37. The van der Waals surface area contributed by atoms with Gasteiger partial charge in [-0.2, -0.15) is 0 Å². The third-order valence-electron chi connectivity index (χ3n) is 4.52. The van der Waals surface area contributed by atoms with Crippen molar-refractivity contribution < 1.29 is 19.0 Å².